The van der Waals surface area contributed by atoms with Crippen LogP contribution in [0.2, 0.25) is 0 Å². The highest BCUT2D eigenvalue weighted by atomic mass is 32.1. The van der Waals surface area contributed by atoms with E-state index >= 15 is 0 Å². The maximum Gasteiger partial charge on any atom is 0.229 e. The van der Waals surface area contributed by atoms with Gasteiger partial charge in [-0.25, -0.2) is 4.98 Å². The number of aliphatic hydroxyl groups is 1. The molecule has 0 unspecified atom stereocenters. The molecule has 5 rings (SSSR count). The van der Waals surface area contributed by atoms with Crippen LogP contribution in [0.25, 0.3) is 10.2 Å². The molecular formula is C23H31N5O3S. The van der Waals surface area contributed by atoms with Crippen LogP contribution in [-0.4, -0.2) is 75.5 Å². The fraction of sp³-hybridized carbons (Fsp3) is 0.609. The van der Waals surface area contributed by atoms with Gasteiger partial charge in [0.25, 0.3) is 0 Å². The first-order chi connectivity index (χ1) is 15.6. The van der Waals surface area contributed by atoms with Crippen molar-refractivity contribution in [1.29, 1.82) is 0 Å². The van der Waals surface area contributed by atoms with Gasteiger partial charge < -0.3 is 14.4 Å². The average molecular weight is 458 g/mol. The second-order valence-corrected chi connectivity index (χ2v) is 10.2. The molecule has 1 aromatic carbocycles. The third-order valence-electron chi connectivity index (χ3n) is 6.40. The van der Waals surface area contributed by atoms with E-state index in [9.17, 15) is 5.11 Å². The van der Waals surface area contributed by atoms with Gasteiger partial charge in [0.05, 0.1) is 21.8 Å². The van der Waals surface area contributed by atoms with E-state index in [0.717, 1.165) is 65.4 Å². The molecule has 1 atom stereocenters. The molecule has 2 fully saturated rings. The Hall–Kier alpha value is -2.07. The Morgan fingerprint density at radius 3 is 2.75 bits per heavy atom. The summed E-state index contributed by atoms with van der Waals surface area (Å²) < 4.78 is 12.5. The average Bonchev–Trinajstić information content (AvgIpc) is 3.53. The van der Waals surface area contributed by atoms with E-state index in [0.29, 0.717) is 12.5 Å². The van der Waals surface area contributed by atoms with E-state index in [4.69, 9.17) is 9.26 Å². The Morgan fingerprint density at radius 1 is 1.16 bits per heavy atom. The number of benzene rings is 1. The predicted molar refractivity (Wildman–Crippen MR) is 123 cm³/mol. The predicted octanol–water partition coefficient (Wildman–Crippen LogP) is 3.20. The van der Waals surface area contributed by atoms with Gasteiger partial charge in [-0.3, -0.25) is 9.80 Å². The number of hydrogen-bond donors (Lipinski definition) is 1. The zero-order chi connectivity index (χ0) is 21.9. The molecule has 1 saturated heterocycles. The zero-order valence-corrected chi connectivity index (χ0v) is 19.4. The number of β-amino-alcohol motifs (C(OH)–C–C–N with tert-alkyl or cyclic N) is 1. The first-order valence-electron chi connectivity index (χ1n) is 11.6. The van der Waals surface area contributed by atoms with Crippen molar-refractivity contribution in [2.45, 2.75) is 51.2 Å². The molecule has 0 bridgehead atoms. The van der Waals surface area contributed by atoms with Crippen LogP contribution in [0.4, 0.5) is 0 Å². The van der Waals surface area contributed by atoms with Crippen LogP contribution < -0.4 is 4.74 Å². The van der Waals surface area contributed by atoms with Gasteiger partial charge >= 0.3 is 0 Å². The molecule has 3 aromatic rings. The van der Waals surface area contributed by atoms with E-state index in [1.807, 2.05) is 25.1 Å². The van der Waals surface area contributed by atoms with Crippen LogP contribution in [0.1, 0.15) is 48.3 Å². The van der Waals surface area contributed by atoms with E-state index in [1.165, 1.54) is 25.7 Å². The Labute approximate surface area is 192 Å². The van der Waals surface area contributed by atoms with Gasteiger partial charge in [0.2, 0.25) is 5.89 Å². The van der Waals surface area contributed by atoms with E-state index in [1.54, 1.807) is 11.3 Å². The van der Waals surface area contributed by atoms with Crippen LogP contribution in [0.3, 0.4) is 0 Å². The first kappa shape index (κ1) is 21.8. The normalized spacial score (nSPS) is 19.7. The Kier molecular flexibility index (Phi) is 6.68. The van der Waals surface area contributed by atoms with Crippen molar-refractivity contribution in [3.05, 3.63) is 34.9 Å². The van der Waals surface area contributed by atoms with Gasteiger partial charge in [0.15, 0.2) is 5.82 Å². The van der Waals surface area contributed by atoms with Crippen molar-refractivity contribution in [2.75, 3.05) is 39.3 Å². The van der Waals surface area contributed by atoms with Crippen molar-refractivity contribution in [3.63, 3.8) is 0 Å². The summed E-state index contributed by atoms with van der Waals surface area (Å²) in [4.78, 5) is 13.8. The summed E-state index contributed by atoms with van der Waals surface area (Å²) >= 11 is 1.66. The van der Waals surface area contributed by atoms with Gasteiger partial charge in [-0.05, 0) is 38.0 Å². The lowest BCUT2D eigenvalue weighted by atomic mass is 10.1. The van der Waals surface area contributed by atoms with Crippen molar-refractivity contribution >= 4 is 21.6 Å². The molecule has 1 aliphatic heterocycles. The number of rotatable bonds is 8. The first-order valence-corrected chi connectivity index (χ1v) is 12.4. The summed E-state index contributed by atoms with van der Waals surface area (Å²) in [5.74, 6) is 2.86. The van der Waals surface area contributed by atoms with Gasteiger partial charge in [-0.15, -0.1) is 11.3 Å². The Morgan fingerprint density at radius 2 is 1.94 bits per heavy atom. The van der Waals surface area contributed by atoms with E-state index < -0.39 is 6.10 Å². The number of thiazole rings is 1. The second kappa shape index (κ2) is 9.82. The summed E-state index contributed by atoms with van der Waals surface area (Å²) in [5.41, 5.74) is 0.994. The fourth-order valence-electron chi connectivity index (χ4n) is 4.65. The summed E-state index contributed by atoms with van der Waals surface area (Å²) in [6.07, 6.45) is 4.36. The largest absolute Gasteiger partial charge is 0.491 e. The standard InChI is InChI=1S/C23H31N5O3S/c1-16-24-20-7-6-19(12-21(20)32-16)30-15-18(29)13-27-8-10-28(11-9-27)14-22-25-23(31-26-22)17-4-2-3-5-17/h6-7,12,17-18,29H,2-5,8-11,13-15H2,1H3/t18-/m1/s1. The maximum atomic E-state index is 10.5. The summed E-state index contributed by atoms with van der Waals surface area (Å²) in [6, 6.07) is 5.89. The van der Waals surface area contributed by atoms with Crippen molar-refractivity contribution < 1.29 is 14.4 Å². The van der Waals surface area contributed by atoms with E-state index in [2.05, 4.69) is 24.9 Å². The number of ether oxygens (including phenoxy) is 1. The highest BCUT2D eigenvalue weighted by molar-refractivity contribution is 7.18. The van der Waals surface area contributed by atoms with Crippen molar-refractivity contribution in [2.24, 2.45) is 0 Å². The number of aromatic nitrogens is 3. The number of aryl methyl sites for hydroxylation is 1. The lowest BCUT2D eigenvalue weighted by Crippen LogP contribution is -2.48. The number of hydrogen-bond acceptors (Lipinski definition) is 9. The summed E-state index contributed by atoms with van der Waals surface area (Å²) in [6.45, 7) is 7.33. The Balaban J connectivity index is 1.04. The van der Waals surface area contributed by atoms with E-state index in [-0.39, 0.29) is 6.61 Å². The molecule has 32 heavy (non-hydrogen) atoms. The van der Waals surface area contributed by atoms with Crippen LogP contribution in [0, 0.1) is 6.92 Å². The number of nitrogens with zero attached hydrogens (tertiary/aromatic N) is 5. The third kappa shape index (κ3) is 5.28. The van der Waals surface area contributed by atoms with Gasteiger partial charge in [-0.2, -0.15) is 4.98 Å². The van der Waals surface area contributed by atoms with Crippen LogP contribution in [0.5, 0.6) is 5.75 Å². The van der Waals surface area contributed by atoms with Crippen molar-refractivity contribution in [1.82, 2.24) is 24.9 Å². The van der Waals surface area contributed by atoms with Gasteiger partial charge in [0.1, 0.15) is 18.5 Å². The molecule has 8 nitrogen and oxygen atoms in total. The smallest absolute Gasteiger partial charge is 0.229 e. The molecule has 0 amide bonds. The van der Waals surface area contributed by atoms with Gasteiger partial charge in [-0.1, -0.05) is 18.0 Å². The third-order valence-corrected chi connectivity index (χ3v) is 7.33. The molecule has 0 spiro atoms. The lowest BCUT2D eigenvalue weighted by Gasteiger charge is -2.34. The van der Waals surface area contributed by atoms with Gasteiger partial charge in [0, 0.05) is 38.6 Å². The topological polar surface area (TPSA) is 87.8 Å². The minimum Gasteiger partial charge on any atom is -0.491 e. The highest BCUT2D eigenvalue weighted by Gasteiger charge is 2.25. The van der Waals surface area contributed by atoms with Crippen molar-refractivity contribution in [3.8, 4) is 5.75 Å². The maximum absolute atomic E-state index is 10.5. The molecule has 2 aromatic heterocycles. The monoisotopic (exact) mass is 457 g/mol. The molecule has 9 heteroatoms. The second-order valence-electron chi connectivity index (χ2n) is 8.93. The minimum atomic E-state index is -0.522. The molecule has 172 valence electrons. The number of piperazine rings is 1. The number of aliphatic hydroxyl groups excluding tert-OH is 1. The SMILES string of the molecule is Cc1nc2ccc(OC[C@H](O)CN3CCN(Cc4noc(C5CCCC5)n4)CC3)cc2s1. The highest BCUT2D eigenvalue weighted by Crippen LogP contribution is 2.33. The summed E-state index contributed by atoms with van der Waals surface area (Å²) in [5, 5.41) is 15.7. The van der Waals surface area contributed by atoms with Crippen LogP contribution in [0.15, 0.2) is 22.7 Å². The van der Waals surface area contributed by atoms with Crippen LogP contribution in [-0.2, 0) is 6.54 Å². The molecule has 1 saturated carbocycles. The molecule has 1 N–H and O–H groups in total. The summed E-state index contributed by atoms with van der Waals surface area (Å²) in [7, 11) is 0. The minimum absolute atomic E-state index is 0.288. The molecule has 3 heterocycles. The quantitative estimate of drug-likeness (QED) is 0.552. The fourth-order valence-corrected chi connectivity index (χ4v) is 5.51. The molecule has 1 aliphatic carbocycles. The molecule has 0 radical (unpaired) electrons. The molecular weight excluding hydrogens is 426 g/mol. The number of fused-ring (bicyclic) bond motifs is 1. The molecule has 2 aliphatic rings. The lowest BCUT2D eigenvalue weighted by molar-refractivity contribution is 0.0440. The zero-order valence-electron chi connectivity index (χ0n) is 18.6. The Bertz CT molecular complexity index is 1020. The van der Waals surface area contributed by atoms with Crippen LogP contribution >= 0.6 is 11.3 Å².